The number of halogens is 1. The van der Waals surface area contributed by atoms with E-state index in [2.05, 4.69) is 19.6 Å². The number of carbonyl (C=O) groups excluding carboxylic acids is 3. The summed E-state index contributed by atoms with van der Waals surface area (Å²) in [4.78, 5) is 36.7. The number of likely N-dealkylation sites (tertiary alicyclic amines) is 2. The summed E-state index contributed by atoms with van der Waals surface area (Å²) in [5, 5.41) is 18.6. The molecule has 0 atom stereocenters. The summed E-state index contributed by atoms with van der Waals surface area (Å²) in [7, 11) is -1.14. The predicted octanol–water partition coefficient (Wildman–Crippen LogP) is 4.39. The van der Waals surface area contributed by atoms with E-state index in [4.69, 9.17) is 22.1 Å². The van der Waals surface area contributed by atoms with Crippen molar-refractivity contribution >= 4 is 49.3 Å². The number of aliphatic hydroxyl groups is 1. The van der Waals surface area contributed by atoms with Gasteiger partial charge in [0.15, 0.2) is 14.1 Å². The van der Waals surface area contributed by atoms with Crippen LogP contribution in [-0.4, -0.2) is 90.8 Å². The van der Waals surface area contributed by atoms with Gasteiger partial charge >= 0.3 is 63.6 Å². The Morgan fingerprint density at radius 2 is 1.16 bits per heavy atom. The average Bonchev–Trinajstić information content (AvgIpc) is 2.91. The van der Waals surface area contributed by atoms with E-state index >= 15 is 0 Å². The van der Waals surface area contributed by atoms with Gasteiger partial charge in [0.2, 0.25) is 0 Å². The molecule has 2 amide bonds. The topological polar surface area (TPSA) is 138 Å². The van der Waals surface area contributed by atoms with Crippen molar-refractivity contribution < 1.29 is 92.9 Å². The Bertz CT molecular complexity index is 1210. The summed E-state index contributed by atoms with van der Waals surface area (Å²) in [5.41, 5.74) is 0.680. The van der Waals surface area contributed by atoms with Gasteiger partial charge in [-0.2, -0.15) is 0 Å². The van der Waals surface area contributed by atoms with Crippen molar-refractivity contribution in [2.75, 3.05) is 32.8 Å². The number of Topliss-reactive ketones (excluding diaryl/α,β-unsaturated/α-hetero) is 1. The van der Waals surface area contributed by atoms with E-state index in [0.29, 0.717) is 19.7 Å². The van der Waals surface area contributed by atoms with Crippen LogP contribution >= 0.6 is 23.0 Å². The Morgan fingerprint density at radius 1 is 0.843 bits per heavy atom. The maximum Gasteiger partial charge on any atom is 1.00 e. The third-order valence-corrected chi connectivity index (χ3v) is 10.2. The van der Waals surface area contributed by atoms with E-state index in [1.54, 1.807) is 46.4 Å². The fourth-order valence-corrected chi connectivity index (χ4v) is 3.55. The molecule has 2 aromatic rings. The quantitative estimate of drug-likeness (QED) is 0.343. The monoisotopic (exact) mass is 872 g/mol. The van der Waals surface area contributed by atoms with Crippen LogP contribution in [0.25, 0.3) is 0 Å². The molecule has 0 saturated carbocycles. The molecule has 1 N–H and O–H groups in total. The van der Waals surface area contributed by atoms with Crippen LogP contribution in [-0.2, 0) is 35.0 Å². The largest absolute Gasteiger partial charge is 1.00 e. The first-order chi connectivity index (χ1) is 22.1. The molecule has 3 heterocycles. The van der Waals surface area contributed by atoms with E-state index in [9.17, 15) is 19.5 Å². The third-order valence-electron chi connectivity index (χ3n) is 5.82. The van der Waals surface area contributed by atoms with Crippen LogP contribution in [0.2, 0.25) is 19.6 Å². The van der Waals surface area contributed by atoms with E-state index in [-0.39, 0.29) is 103 Å². The average molecular weight is 873 g/mol. The van der Waals surface area contributed by atoms with Gasteiger partial charge < -0.3 is 32.1 Å². The van der Waals surface area contributed by atoms with Gasteiger partial charge in [-0.1, -0.05) is 96.3 Å². The summed E-state index contributed by atoms with van der Waals surface area (Å²) >= 11 is 1.96. The first-order valence-corrected chi connectivity index (χ1v) is 20.2. The van der Waals surface area contributed by atoms with Crippen LogP contribution in [0.15, 0.2) is 60.7 Å². The first kappa shape index (κ1) is 54.4. The Labute approximate surface area is 365 Å². The summed E-state index contributed by atoms with van der Waals surface area (Å²) in [6.07, 6.45) is 0.406. The normalized spacial score (nSPS) is 14.9. The van der Waals surface area contributed by atoms with Gasteiger partial charge in [0.1, 0.15) is 18.8 Å². The fraction of sp³-hybridized carbons (Fsp3) is 0.595. The molecule has 0 aliphatic carbocycles. The van der Waals surface area contributed by atoms with Crippen molar-refractivity contribution in [3.8, 4) is 0 Å². The number of nitrogens with zero attached hydrogens (tertiary/aromatic N) is 2. The molecule has 0 aromatic heterocycles. The molecule has 0 unspecified atom stereocenters. The van der Waals surface area contributed by atoms with Gasteiger partial charge in [-0.15, -0.1) is 5.60 Å². The first-order valence-electron chi connectivity index (χ1n) is 15.9. The number of ketones is 1. The number of rotatable bonds is 5. The number of hydrogen-bond acceptors (Lipinski definition) is 9. The molecular weight excluding hydrogens is 810 g/mol. The zero-order chi connectivity index (χ0) is 36.6. The zero-order valence-corrected chi connectivity index (χ0v) is 37.2. The molecule has 3 saturated heterocycles. The van der Waals surface area contributed by atoms with Crippen LogP contribution < -0.4 is 56.5 Å². The maximum absolute atomic E-state index is 11.7. The zero-order valence-electron chi connectivity index (χ0n) is 30.9. The Hall–Kier alpha value is -0.927. The van der Waals surface area contributed by atoms with E-state index in [1.807, 2.05) is 83.7 Å². The molecule has 3 aliphatic rings. The molecule has 286 valence electrons. The molecule has 3 aliphatic heterocycles. The standard InChI is InChI=1S/C13H15NO3.C11H11NO3.C4H10O.C4H9O.C3H9IOSi.2CH4.K/c15-12(14-9-13(10-14)6-7-17-13)16-8-11-4-2-1-3-5-11;13-10-6-12(7-10)11(14)15-8-9-4-2-1-3-5-9;2*1-4(2,3)5;1-6(2,3)5-4;;;/h1-5H,6-10H2;1-5H,6-8H2;5H,1-3H3;1-3H3;1-3H3;2*1H4;/q;;;-1;;;;+1. The van der Waals surface area contributed by atoms with Crippen LogP contribution in [0.3, 0.4) is 0 Å². The van der Waals surface area contributed by atoms with Gasteiger partial charge in [-0.05, 0) is 51.5 Å². The van der Waals surface area contributed by atoms with Crippen molar-refractivity contribution in [1.29, 1.82) is 0 Å². The third kappa shape index (κ3) is 28.2. The van der Waals surface area contributed by atoms with Gasteiger partial charge in [-0.3, -0.25) is 9.69 Å². The molecular formula is C37H62IKN2O9Si. The van der Waals surface area contributed by atoms with Gasteiger partial charge in [0.25, 0.3) is 0 Å². The summed E-state index contributed by atoms with van der Waals surface area (Å²) in [6, 6.07) is 19.1. The van der Waals surface area contributed by atoms with Crippen LogP contribution in [0.1, 0.15) is 73.9 Å². The molecule has 0 radical (unpaired) electrons. The Morgan fingerprint density at radius 3 is 1.41 bits per heavy atom. The molecule has 3 fully saturated rings. The van der Waals surface area contributed by atoms with Crippen molar-refractivity contribution in [3.05, 3.63) is 71.8 Å². The van der Waals surface area contributed by atoms with Crippen molar-refractivity contribution in [1.82, 2.24) is 9.80 Å². The Balaban J connectivity index is -0.000000618. The predicted molar refractivity (Wildman–Crippen MR) is 208 cm³/mol. The number of amides is 2. The maximum atomic E-state index is 11.7. The summed E-state index contributed by atoms with van der Waals surface area (Å²) in [5.74, 6) is 0.0756. The van der Waals surface area contributed by atoms with Crippen molar-refractivity contribution in [2.24, 2.45) is 0 Å². The van der Waals surface area contributed by atoms with Gasteiger partial charge in [-0.25, -0.2) is 9.59 Å². The van der Waals surface area contributed by atoms with E-state index in [0.717, 1.165) is 24.2 Å². The van der Waals surface area contributed by atoms with Crippen molar-refractivity contribution in [3.63, 3.8) is 0 Å². The second-order valence-electron chi connectivity index (χ2n) is 14.6. The molecule has 11 nitrogen and oxygen atoms in total. The molecule has 1 spiro atoms. The number of carbonyl (C=O) groups is 3. The van der Waals surface area contributed by atoms with E-state index in [1.165, 1.54) is 4.90 Å². The minimum Gasteiger partial charge on any atom is -0.850 e. The molecule has 14 heteroatoms. The van der Waals surface area contributed by atoms with Crippen LogP contribution in [0.4, 0.5) is 9.59 Å². The van der Waals surface area contributed by atoms with Gasteiger partial charge in [0, 0.05) is 6.42 Å². The number of hydrogen-bond donors (Lipinski definition) is 1. The Kier molecular flexibility index (Phi) is 27.7. The number of ether oxygens (including phenoxy) is 3. The number of benzene rings is 2. The SMILES string of the molecule is C.C.CC(C)(C)O.CC(C)(C)[O-].C[Si](C)(C)OI.O=C(OCc1ccccc1)N1CC2(CCO2)C1.O=C1CN(C(=O)OCc2ccccc2)C1.[K+]. The summed E-state index contributed by atoms with van der Waals surface area (Å²) < 4.78 is 20.7. The fourth-order valence-electron chi connectivity index (χ4n) is 3.55. The van der Waals surface area contributed by atoms with Crippen LogP contribution in [0.5, 0.6) is 0 Å². The summed E-state index contributed by atoms with van der Waals surface area (Å²) in [6.45, 7) is 19.7. The minimum atomic E-state index is -1.14. The van der Waals surface area contributed by atoms with Crippen molar-refractivity contribution in [2.45, 2.75) is 112 Å². The smallest absolute Gasteiger partial charge is 0.850 e. The molecule has 0 bridgehead atoms. The molecule has 5 rings (SSSR count). The van der Waals surface area contributed by atoms with Crippen LogP contribution in [0, 0.1) is 0 Å². The van der Waals surface area contributed by atoms with E-state index < -0.39 is 25.6 Å². The minimum absolute atomic E-state index is 0. The molecule has 51 heavy (non-hydrogen) atoms. The second kappa shape index (κ2) is 26.0. The molecule has 2 aromatic carbocycles. The van der Waals surface area contributed by atoms with Gasteiger partial charge in [0.05, 0.1) is 61.4 Å². The second-order valence-corrected chi connectivity index (χ2v) is 20.3.